The Labute approximate surface area is 169 Å². The fraction of sp³-hybridized carbons (Fsp3) is 0.240. The van der Waals surface area contributed by atoms with Crippen molar-refractivity contribution in [2.45, 2.75) is 26.7 Å². The first kappa shape index (κ1) is 20.3. The second kappa shape index (κ2) is 9.66. The Morgan fingerprint density at radius 3 is 1.96 bits per heavy atom. The zero-order valence-corrected chi connectivity index (χ0v) is 17.7. The van der Waals surface area contributed by atoms with Crippen molar-refractivity contribution in [3.63, 3.8) is 0 Å². The van der Waals surface area contributed by atoms with Gasteiger partial charge in [0.1, 0.15) is 0 Å². The molecule has 0 aliphatic rings. The van der Waals surface area contributed by atoms with Gasteiger partial charge in [-0.2, -0.15) is 0 Å². The summed E-state index contributed by atoms with van der Waals surface area (Å²) < 4.78 is 5.11. The number of hydrogen-bond acceptors (Lipinski definition) is 2. The van der Waals surface area contributed by atoms with E-state index >= 15 is 0 Å². The number of esters is 1. The van der Waals surface area contributed by atoms with Crippen molar-refractivity contribution in [1.82, 2.24) is 0 Å². The summed E-state index contributed by atoms with van der Waals surface area (Å²) in [6.07, 6.45) is 2.14. The lowest BCUT2D eigenvalue weighted by atomic mass is 10.0. The van der Waals surface area contributed by atoms with Gasteiger partial charge in [0.15, 0.2) is 0 Å². The van der Waals surface area contributed by atoms with Crippen LogP contribution in [-0.2, 0) is 11.2 Å². The molecule has 0 radical (unpaired) electrons. The third kappa shape index (κ3) is 4.88. The molecule has 0 bridgehead atoms. The van der Waals surface area contributed by atoms with Crippen molar-refractivity contribution in [2.75, 3.05) is 7.11 Å². The lowest BCUT2D eigenvalue weighted by Gasteiger charge is -2.22. The topological polar surface area (TPSA) is 26.3 Å². The molecule has 3 aromatic rings. The standard InChI is InChI=1S/C25H27O2P/c1-19(2)14-15-20-16-17-23(25(26)27-3)24(18-20)28(21-10-6-4-7-11-21)22-12-8-5-9-13-22/h4-13,16-19H,14-15H2,1-3H3. The van der Waals surface area contributed by atoms with E-state index in [2.05, 4.69) is 74.5 Å². The summed E-state index contributed by atoms with van der Waals surface area (Å²) in [7, 11) is 0.602. The largest absolute Gasteiger partial charge is 0.465 e. The van der Waals surface area contributed by atoms with Crippen LogP contribution in [0.4, 0.5) is 0 Å². The van der Waals surface area contributed by atoms with Crippen LogP contribution in [0.2, 0.25) is 0 Å². The molecule has 0 saturated heterocycles. The minimum atomic E-state index is -0.848. The Hall–Kier alpha value is -2.44. The average Bonchev–Trinajstić information content (AvgIpc) is 2.73. The normalized spacial score (nSPS) is 11.0. The first-order valence-corrected chi connectivity index (χ1v) is 11.1. The molecule has 144 valence electrons. The molecule has 0 heterocycles. The van der Waals surface area contributed by atoms with E-state index in [9.17, 15) is 4.79 Å². The van der Waals surface area contributed by atoms with Gasteiger partial charge in [-0.15, -0.1) is 0 Å². The van der Waals surface area contributed by atoms with Crippen LogP contribution in [0.25, 0.3) is 0 Å². The maximum Gasteiger partial charge on any atom is 0.338 e. The Morgan fingerprint density at radius 1 is 0.893 bits per heavy atom. The second-order valence-electron chi connectivity index (χ2n) is 7.28. The fourth-order valence-corrected chi connectivity index (χ4v) is 5.73. The molecule has 3 aromatic carbocycles. The van der Waals surface area contributed by atoms with Crippen LogP contribution in [0.15, 0.2) is 78.9 Å². The van der Waals surface area contributed by atoms with Gasteiger partial charge < -0.3 is 4.74 Å². The van der Waals surface area contributed by atoms with Gasteiger partial charge in [-0.05, 0) is 60.3 Å². The highest BCUT2D eigenvalue weighted by molar-refractivity contribution is 7.80. The van der Waals surface area contributed by atoms with Crippen LogP contribution in [0, 0.1) is 5.92 Å². The molecule has 0 N–H and O–H groups in total. The van der Waals surface area contributed by atoms with Gasteiger partial charge >= 0.3 is 5.97 Å². The maximum atomic E-state index is 12.6. The van der Waals surface area contributed by atoms with Gasteiger partial charge in [0.05, 0.1) is 12.7 Å². The highest BCUT2D eigenvalue weighted by atomic mass is 31.1. The number of hydrogen-bond donors (Lipinski definition) is 0. The highest BCUT2D eigenvalue weighted by Gasteiger charge is 2.23. The summed E-state index contributed by atoms with van der Waals surface area (Å²) >= 11 is 0. The van der Waals surface area contributed by atoms with Crippen LogP contribution in [0.5, 0.6) is 0 Å². The third-order valence-corrected chi connectivity index (χ3v) is 7.23. The lowest BCUT2D eigenvalue weighted by molar-refractivity contribution is 0.0602. The number of carbonyl (C=O) groups is 1. The van der Waals surface area contributed by atoms with Crippen molar-refractivity contribution < 1.29 is 9.53 Å². The summed E-state index contributed by atoms with van der Waals surface area (Å²) in [4.78, 5) is 12.6. The van der Waals surface area contributed by atoms with E-state index in [4.69, 9.17) is 4.74 Å². The molecule has 0 fully saturated rings. The predicted octanol–water partition coefficient (Wildman–Crippen LogP) is 4.82. The molecule has 0 saturated carbocycles. The number of methoxy groups -OCH3 is 1. The molecule has 3 heteroatoms. The Bertz CT molecular complexity index is 865. The Balaban J connectivity index is 2.16. The zero-order chi connectivity index (χ0) is 19.9. The number of rotatable bonds is 7. The van der Waals surface area contributed by atoms with E-state index in [0.29, 0.717) is 11.5 Å². The van der Waals surface area contributed by atoms with Gasteiger partial charge in [-0.25, -0.2) is 4.79 Å². The van der Waals surface area contributed by atoms with Gasteiger partial charge in [-0.1, -0.05) is 80.6 Å². The third-order valence-electron chi connectivity index (χ3n) is 4.75. The van der Waals surface area contributed by atoms with E-state index < -0.39 is 7.92 Å². The Morgan fingerprint density at radius 2 is 1.46 bits per heavy atom. The van der Waals surface area contributed by atoms with Crippen LogP contribution in [0.3, 0.4) is 0 Å². The molecule has 0 aromatic heterocycles. The summed E-state index contributed by atoms with van der Waals surface area (Å²) in [5.41, 5.74) is 1.94. The molecule has 0 unspecified atom stereocenters. The van der Waals surface area contributed by atoms with Gasteiger partial charge in [0, 0.05) is 0 Å². The molecule has 3 rings (SSSR count). The first-order valence-electron chi connectivity index (χ1n) is 9.71. The number of aryl methyl sites for hydroxylation is 1. The summed E-state index contributed by atoms with van der Waals surface area (Å²) in [5, 5.41) is 3.53. The Kier molecular flexibility index (Phi) is 7.01. The molecule has 0 spiro atoms. The number of ether oxygens (including phenoxy) is 1. The van der Waals surface area contributed by atoms with E-state index in [1.807, 2.05) is 18.2 Å². The molecule has 0 amide bonds. The second-order valence-corrected chi connectivity index (χ2v) is 9.47. The smallest absolute Gasteiger partial charge is 0.338 e. The average molecular weight is 390 g/mol. The molecule has 0 aliphatic heterocycles. The number of benzene rings is 3. The van der Waals surface area contributed by atoms with Crippen molar-refractivity contribution in [1.29, 1.82) is 0 Å². The summed E-state index contributed by atoms with van der Waals surface area (Å²) in [6.45, 7) is 4.48. The molecule has 2 nitrogen and oxygen atoms in total. The summed E-state index contributed by atoms with van der Waals surface area (Å²) in [6, 6.07) is 27.2. The summed E-state index contributed by atoms with van der Waals surface area (Å²) in [5.74, 6) is 0.373. The molecule has 0 aliphatic carbocycles. The van der Waals surface area contributed by atoms with Crippen molar-refractivity contribution >= 4 is 29.8 Å². The van der Waals surface area contributed by atoms with Crippen LogP contribution < -0.4 is 15.9 Å². The van der Waals surface area contributed by atoms with E-state index in [1.54, 1.807) is 0 Å². The highest BCUT2D eigenvalue weighted by Crippen LogP contribution is 2.34. The predicted molar refractivity (Wildman–Crippen MR) is 120 cm³/mol. The monoisotopic (exact) mass is 390 g/mol. The lowest BCUT2D eigenvalue weighted by Crippen LogP contribution is -2.26. The van der Waals surface area contributed by atoms with E-state index in [0.717, 1.165) is 18.1 Å². The van der Waals surface area contributed by atoms with Crippen LogP contribution in [-0.4, -0.2) is 13.1 Å². The minimum absolute atomic E-state index is 0.273. The maximum absolute atomic E-state index is 12.6. The van der Waals surface area contributed by atoms with Crippen molar-refractivity contribution in [3.05, 3.63) is 90.0 Å². The van der Waals surface area contributed by atoms with E-state index in [1.165, 1.54) is 23.3 Å². The SMILES string of the molecule is COC(=O)c1ccc(CCC(C)C)cc1P(c1ccccc1)c1ccccc1. The van der Waals surface area contributed by atoms with Gasteiger partial charge in [-0.3, -0.25) is 0 Å². The van der Waals surface area contributed by atoms with Crippen LogP contribution >= 0.6 is 7.92 Å². The quantitative estimate of drug-likeness (QED) is 0.427. The fourth-order valence-electron chi connectivity index (χ4n) is 3.24. The molecular weight excluding hydrogens is 363 g/mol. The molecular formula is C25H27O2P. The zero-order valence-electron chi connectivity index (χ0n) is 16.8. The van der Waals surface area contributed by atoms with E-state index in [-0.39, 0.29) is 5.97 Å². The number of carbonyl (C=O) groups excluding carboxylic acids is 1. The van der Waals surface area contributed by atoms with Gasteiger partial charge in [0.25, 0.3) is 0 Å². The molecule has 0 atom stereocenters. The van der Waals surface area contributed by atoms with Crippen LogP contribution in [0.1, 0.15) is 36.2 Å². The molecule has 28 heavy (non-hydrogen) atoms. The van der Waals surface area contributed by atoms with Crippen molar-refractivity contribution in [3.8, 4) is 0 Å². The minimum Gasteiger partial charge on any atom is -0.465 e. The first-order chi connectivity index (χ1) is 13.6. The van der Waals surface area contributed by atoms with Gasteiger partial charge in [0.2, 0.25) is 0 Å². The van der Waals surface area contributed by atoms with Crippen molar-refractivity contribution in [2.24, 2.45) is 5.92 Å².